The Labute approximate surface area is 146 Å². The van der Waals surface area contributed by atoms with E-state index in [0.717, 1.165) is 0 Å². The van der Waals surface area contributed by atoms with Gasteiger partial charge in [-0.2, -0.15) is 0 Å². The normalized spacial score (nSPS) is 28.9. The summed E-state index contributed by atoms with van der Waals surface area (Å²) in [5.41, 5.74) is -0.953. The highest BCUT2D eigenvalue weighted by molar-refractivity contribution is 5.86. The lowest BCUT2D eigenvalue weighted by Crippen LogP contribution is -2.60. The smallest absolute Gasteiger partial charge is 0.382 e. The molecule has 2 aromatic rings. The van der Waals surface area contributed by atoms with Crippen molar-refractivity contribution in [3.05, 3.63) is 28.6 Å². The molecule has 0 radical (unpaired) electrons. The number of ether oxygens (including phenoxy) is 3. The van der Waals surface area contributed by atoms with Crippen LogP contribution in [0, 0.1) is 0 Å². The van der Waals surface area contributed by atoms with Crippen molar-refractivity contribution in [3.63, 3.8) is 0 Å². The van der Waals surface area contributed by atoms with Crippen molar-refractivity contribution in [2.75, 3.05) is 13.7 Å². The van der Waals surface area contributed by atoms with Crippen LogP contribution in [0.3, 0.4) is 0 Å². The minimum absolute atomic E-state index is 0.0479. The van der Waals surface area contributed by atoms with Crippen LogP contribution in [0.5, 0.6) is 17.2 Å². The second kappa shape index (κ2) is 7.09. The lowest BCUT2D eigenvalue weighted by molar-refractivity contribution is -0.277. The topological polar surface area (TPSA) is 159 Å². The minimum Gasteiger partial charge on any atom is -0.499 e. The second-order valence-electron chi connectivity index (χ2n) is 5.74. The van der Waals surface area contributed by atoms with E-state index in [1.54, 1.807) is 0 Å². The molecule has 142 valence electrons. The van der Waals surface area contributed by atoms with Gasteiger partial charge >= 0.3 is 5.63 Å². The molecule has 1 aromatic carbocycles. The Bertz CT molecular complexity index is 845. The largest absolute Gasteiger partial charge is 0.499 e. The molecule has 0 bridgehead atoms. The van der Waals surface area contributed by atoms with Gasteiger partial charge in [-0.1, -0.05) is 0 Å². The third-order valence-electron chi connectivity index (χ3n) is 4.11. The Hall–Kier alpha value is -2.37. The molecule has 26 heavy (non-hydrogen) atoms. The van der Waals surface area contributed by atoms with E-state index in [9.17, 15) is 30.3 Å². The summed E-state index contributed by atoms with van der Waals surface area (Å²) >= 11 is 0. The predicted octanol–water partition coefficient (Wildman–Crippen LogP) is -1.31. The number of fused-ring (bicyclic) bond motifs is 1. The summed E-state index contributed by atoms with van der Waals surface area (Å²) in [4.78, 5) is 11.6. The molecular formula is C16H18O10. The monoisotopic (exact) mass is 370 g/mol. The van der Waals surface area contributed by atoms with Gasteiger partial charge < -0.3 is 44.2 Å². The third kappa shape index (κ3) is 3.08. The molecule has 0 spiro atoms. The highest BCUT2D eigenvalue weighted by Crippen LogP contribution is 2.34. The first kappa shape index (κ1) is 18.4. The fourth-order valence-electron chi connectivity index (χ4n) is 2.72. The van der Waals surface area contributed by atoms with Gasteiger partial charge in [-0.3, -0.25) is 0 Å². The molecule has 10 heteroatoms. The molecule has 1 aromatic heterocycles. The molecule has 0 aliphatic carbocycles. The van der Waals surface area contributed by atoms with Crippen LogP contribution in [0.15, 0.2) is 27.4 Å². The molecular weight excluding hydrogens is 352 g/mol. The Kier molecular flexibility index (Phi) is 5.03. The summed E-state index contributed by atoms with van der Waals surface area (Å²) in [6, 6.07) is 4.20. The minimum atomic E-state index is -1.58. The summed E-state index contributed by atoms with van der Waals surface area (Å²) in [7, 11) is 1.28. The zero-order valence-electron chi connectivity index (χ0n) is 13.6. The molecule has 0 saturated carbocycles. The van der Waals surface area contributed by atoms with Gasteiger partial charge in [0.1, 0.15) is 35.7 Å². The van der Waals surface area contributed by atoms with Crippen LogP contribution in [0.2, 0.25) is 0 Å². The molecule has 5 N–H and O–H groups in total. The number of aliphatic hydroxyl groups is 4. The molecule has 0 amide bonds. The lowest BCUT2D eigenvalue weighted by Gasteiger charge is -2.39. The lowest BCUT2D eigenvalue weighted by atomic mass is 9.99. The van der Waals surface area contributed by atoms with Crippen molar-refractivity contribution in [1.82, 2.24) is 0 Å². The molecule has 1 fully saturated rings. The number of methoxy groups -OCH3 is 1. The summed E-state index contributed by atoms with van der Waals surface area (Å²) < 4.78 is 20.7. The van der Waals surface area contributed by atoms with Gasteiger partial charge in [-0.15, -0.1) is 0 Å². The van der Waals surface area contributed by atoms with E-state index in [1.165, 1.54) is 25.3 Å². The van der Waals surface area contributed by atoms with Crippen molar-refractivity contribution in [1.29, 1.82) is 0 Å². The number of hydrogen-bond donors (Lipinski definition) is 5. The molecule has 3 rings (SSSR count). The molecule has 0 unspecified atom stereocenters. The van der Waals surface area contributed by atoms with Crippen molar-refractivity contribution >= 4 is 11.0 Å². The van der Waals surface area contributed by atoms with Crippen molar-refractivity contribution in [2.24, 2.45) is 0 Å². The van der Waals surface area contributed by atoms with Crippen LogP contribution in [0.4, 0.5) is 0 Å². The van der Waals surface area contributed by atoms with E-state index < -0.39 is 48.7 Å². The highest BCUT2D eigenvalue weighted by Gasteiger charge is 2.44. The van der Waals surface area contributed by atoms with Crippen LogP contribution >= 0.6 is 0 Å². The maximum absolute atomic E-state index is 11.6. The van der Waals surface area contributed by atoms with Crippen molar-refractivity contribution in [3.8, 4) is 17.2 Å². The summed E-state index contributed by atoms with van der Waals surface area (Å²) in [5, 5.41) is 48.7. The van der Waals surface area contributed by atoms with Gasteiger partial charge in [0, 0.05) is 6.07 Å². The van der Waals surface area contributed by atoms with Crippen LogP contribution < -0.4 is 15.1 Å². The Morgan fingerprint density at radius 1 is 1.15 bits per heavy atom. The standard InChI is InChI=1S/C16H18O10/c1-23-14-7-3-2-6(4-8(7)25-15(22)13(14)21)24-16-12(20)11(19)10(18)9(5-17)26-16/h2-4,9-12,16-21H,5H2,1H3/t9-,10-,11+,12+,16+/m1/s1. The maximum atomic E-state index is 11.6. The predicted molar refractivity (Wildman–Crippen MR) is 85.1 cm³/mol. The first-order valence-electron chi connectivity index (χ1n) is 7.68. The van der Waals surface area contributed by atoms with Crippen LogP contribution in [0.1, 0.15) is 0 Å². The highest BCUT2D eigenvalue weighted by atomic mass is 16.7. The third-order valence-corrected chi connectivity index (χ3v) is 4.11. The first-order chi connectivity index (χ1) is 12.4. The van der Waals surface area contributed by atoms with Gasteiger partial charge in [-0.25, -0.2) is 4.79 Å². The number of benzene rings is 1. The van der Waals surface area contributed by atoms with Gasteiger partial charge in [0.2, 0.25) is 12.0 Å². The molecule has 2 heterocycles. The molecule has 1 aliphatic heterocycles. The first-order valence-corrected chi connectivity index (χ1v) is 7.68. The zero-order valence-corrected chi connectivity index (χ0v) is 13.6. The van der Waals surface area contributed by atoms with Crippen molar-refractivity contribution in [2.45, 2.75) is 30.7 Å². The Morgan fingerprint density at radius 2 is 1.88 bits per heavy atom. The number of rotatable bonds is 4. The van der Waals surface area contributed by atoms with Gasteiger partial charge in [0.05, 0.1) is 19.1 Å². The summed E-state index contributed by atoms with van der Waals surface area (Å²) in [6.07, 6.45) is -7.16. The zero-order chi connectivity index (χ0) is 19.0. The number of aromatic hydroxyl groups is 1. The average Bonchev–Trinajstić information content (AvgIpc) is 2.63. The quantitative estimate of drug-likeness (QED) is 0.409. The maximum Gasteiger partial charge on any atom is 0.382 e. The van der Waals surface area contributed by atoms with E-state index in [4.69, 9.17) is 18.6 Å². The second-order valence-corrected chi connectivity index (χ2v) is 5.74. The average molecular weight is 370 g/mol. The Morgan fingerprint density at radius 3 is 2.54 bits per heavy atom. The van der Waals surface area contributed by atoms with E-state index in [1.807, 2.05) is 0 Å². The molecule has 5 atom stereocenters. The molecule has 10 nitrogen and oxygen atoms in total. The van der Waals surface area contributed by atoms with Gasteiger partial charge in [0.15, 0.2) is 5.75 Å². The summed E-state index contributed by atoms with van der Waals surface area (Å²) in [6.45, 7) is -0.589. The SMILES string of the molecule is COc1c(O)c(=O)oc2cc(O[C@H]3O[C@H](CO)[C@@H](O)[C@H](O)[C@@H]3O)ccc12. The van der Waals surface area contributed by atoms with E-state index in [-0.39, 0.29) is 17.1 Å². The number of aliphatic hydroxyl groups excluding tert-OH is 4. The Balaban J connectivity index is 1.92. The molecule has 1 aliphatic rings. The fourth-order valence-corrected chi connectivity index (χ4v) is 2.72. The summed E-state index contributed by atoms with van der Waals surface area (Å²) in [5.74, 6) is -0.615. The van der Waals surface area contributed by atoms with Crippen molar-refractivity contribution < 1.29 is 44.2 Å². The van der Waals surface area contributed by atoms with Gasteiger partial charge in [0.25, 0.3) is 0 Å². The number of hydrogen-bond acceptors (Lipinski definition) is 10. The van der Waals surface area contributed by atoms with Crippen LogP contribution in [0.25, 0.3) is 11.0 Å². The molecule has 1 saturated heterocycles. The van der Waals surface area contributed by atoms with E-state index >= 15 is 0 Å². The van der Waals surface area contributed by atoms with E-state index in [0.29, 0.717) is 5.39 Å². The van der Waals surface area contributed by atoms with Gasteiger partial charge in [-0.05, 0) is 12.1 Å². The van der Waals surface area contributed by atoms with Crippen LogP contribution in [-0.2, 0) is 4.74 Å². The van der Waals surface area contributed by atoms with E-state index in [2.05, 4.69) is 0 Å². The van der Waals surface area contributed by atoms with Crippen LogP contribution in [-0.4, -0.2) is 70.0 Å². The fraction of sp³-hybridized carbons (Fsp3) is 0.438.